The largest absolute Gasteiger partial charge is 0.251 e. The third-order valence-corrected chi connectivity index (χ3v) is 24.7. The Labute approximate surface area is 289 Å². The number of thiol groups is 1. The van der Waals surface area contributed by atoms with Gasteiger partial charge in [-0.1, -0.05) is 52.9 Å². The second kappa shape index (κ2) is 6.62. The van der Waals surface area contributed by atoms with Crippen molar-refractivity contribution in [2.24, 2.45) is 95.1 Å². The number of nitrogens with one attached hydrogen (secondary N) is 1. The Balaban J connectivity index is 1.22. The molecule has 0 amide bonds. The van der Waals surface area contributed by atoms with E-state index in [1.807, 2.05) is 0 Å². The first kappa shape index (κ1) is 27.8. The summed E-state index contributed by atoms with van der Waals surface area (Å²) in [5.41, 5.74) is 9.21. The number of hydrogen-bond donors (Lipinski definition) is 2. The number of hydrazine groups is 1. The summed E-state index contributed by atoms with van der Waals surface area (Å²) < 4.78 is 0.0258. The fourth-order valence-corrected chi connectivity index (χ4v) is 26.0. The summed E-state index contributed by atoms with van der Waals surface area (Å²) in [6.45, 7) is 18.6. The van der Waals surface area contributed by atoms with Crippen molar-refractivity contribution in [1.82, 2.24) is 10.4 Å². The average Bonchev–Trinajstić information content (AvgIpc) is 3.50. The second-order valence-corrected chi connectivity index (χ2v) is 23.3. The predicted molar refractivity (Wildman–Crippen MR) is 190 cm³/mol. The summed E-state index contributed by atoms with van der Waals surface area (Å²) in [6, 6.07) is 1.08. The highest BCUT2D eigenvalue weighted by atomic mass is 32.1. The van der Waals surface area contributed by atoms with Gasteiger partial charge in [0.2, 0.25) is 0 Å². The molecule has 13 fully saturated rings. The fourth-order valence-electron chi connectivity index (χ4n) is 25.0. The highest BCUT2D eigenvalue weighted by molar-refractivity contribution is 7.81. The third kappa shape index (κ3) is 1.59. The summed E-state index contributed by atoms with van der Waals surface area (Å²) in [6.07, 6.45) is 21.7. The maximum Gasteiger partial charge on any atom is 0.0387 e. The minimum Gasteiger partial charge on any atom is -0.251 e. The van der Waals surface area contributed by atoms with Crippen molar-refractivity contribution in [1.29, 1.82) is 0 Å². The van der Waals surface area contributed by atoms with E-state index in [-0.39, 0.29) is 15.6 Å². The molecule has 13 rings (SSSR count). The van der Waals surface area contributed by atoms with E-state index < -0.39 is 0 Å². The van der Waals surface area contributed by atoms with Crippen LogP contribution in [0.25, 0.3) is 0 Å². The molecule has 7 spiro atoms. The lowest BCUT2D eigenvalue weighted by Gasteiger charge is -3.00. The smallest absolute Gasteiger partial charge is 0.0387 e. The fraction of sp³-hybridized carbons (Fsp3) is 0.929. The van der Waals surface area contributed by atoms with Gasteiger partial charge in [0.1, 0.15) is 0 Å². The summed E-state index contributed by atoms with van der Waals surface area (Å²) in [7, 11) is 2.51. The van der Waals surface area contributed by atoms with Gasteiger partial charge in [0.05, 0.1) is 0 Å². The zero-order chi connectivity index (χ0) is 31.5. The van der Waals surface area contributed by atoms with Crippen LogP contribution in [0.4, 0.5) is 0 Å². The summed E-state index contributed by atoms with van der Waals surface area (Å²) >= 11 is 12.5. The van der Waals surface area contributed by atoms with Crippen LogP contribution >= 0.6 is 24.8 Å². The zero-order valence-corrected chi connectivity index (χ0v) is 31.2. The van der Waals surface area contributed by atoms with Gasteiger partial charge in [0, 0.05) is 46.0 Å². The van der Waals surface area contributed by atoms with E-state index in [0.29, 0.717) is 66.7 Å². The molecule has 1 aliphatic heterocycles. The van der Waals surface area contributed by atoms with E-state index in [1.165, 1.54) is 57.8 Å². The van der Waals surface area contributed by atoms with Crippen LogP contribution in [0.5, 0.6) is 0 Å². The van der Waals surface area contributed by atoms with Gasteiger partial charge in [0.25, 0.3) is 0 Å². The molecule has 2 nitrogen and oxygen atoms in total. The molecule has 6 bridgehead atoms. The normalized spacial score (nSPS) is 77.1. The van der Waals surface area contributed by atoms with Crippen molar-refractivity contribution in [3.05, 3.63) is 12.7 Å². The van der Waals surface area contributed by atoms with Crippen molar-refractivity contribution < 1.29 is 0 Å². The lowest BCUT2D eigenvalue weighted by molar-refractivity contribution is -0.537. The molecule has 20 atom stereocenters. The highest BCUT2D eigenvalue weighted by Crippen LogP contribution is 3.14. The molecule has 4 heteroatoms. The molecule has 1 heterocycles. The first-order valence-electron chi connectivity index (χ1n) is 20.1. The van der Waals surface area contributed by atoms with Crippen LogP contribution in [-0.2, 0) is 0 Å². The van der Waals surface area contributed by atoms with Gasteiger partial charge in [0.15, 0.2) is 0 Å². The predicted octanol–water partition coefficient (Wildman–Crippen LogP) is 8.91. The number of thiocarbonyl (C=S) groups is 1. The van der Waals surface area contributed by atoms with Crippen LogP contribution in [0.3, 0.4) is 0 Å². The molecular weight excluding hydrogens is 597 g/mol. The van der Waals surface area contributed by atoms with Crippen molar-refractivity contribution in [3.8, 4) is 0 Å². The van der Waals surface area contributed by atoms with E-state index in [2.05, 4.69) is 70.1 Å². The van der Waals surface area contributed by atoms with Crippen LogP contribution in [0, 0.1) is 95.1 Å². The molecule has 13 aliphatic rings. The van der Waals surface area contributed by atoms with Gasteiger partial charge < -0.3 is 0 Å². The molecule has 12 aliphatic carbocycles. The van der Waals surface area contributed by atoms with Gasteiger partial charge in [-0.15, -0.1) is 6.58 Å². The number of allylic oxidation sites excluding steroid dienone is 1. The van der Waals surface area contributed by atoms with E-state index >= 15 is 0 Å². The molecule has 1 saturated heterocycles. The molecule has 1 N–H and O–H groups in total. The molecule has 0 aromatic heterocycles. The molecule has 20 unspecified atom stereocenters. The third-order valence-electron chi connectivity index (χ3n) is 23.9. The molecule has 46 heavy (non-hydrogen) atoms. The van der Waals surface area contributed by atoms with Gasteiger partial charge >= 0.3 is 0 Å². The number of fused-ring (bicyclic) bond motifs is 2. The number of rotatable bonds is 3. The maximum atomic E-state index is 6.31. The van der Waals surface area contributed by atoms with Crippen molar-refractivity contribution in [3.63, 3.8) is 0 Å². The first-order chi connectivity index (χ1) is 21.8. The van der Waals surface area contributed by atoms with E-state index in [0.717, 1.165) is 29.6 Å². The minimum atomic E-state index is 0.0258. The molecule has 0 radical (unpaired) electrons. The van der Waals surface area contributed by atoms with Crippen molar-refractivity contribution >= 4 is 30.2 Å². The Morgan fingerprint density at radius 1 is 0.891 bits per heavy atom. The Kier molecular flexibility index (Phi) is 4.00. The van der Waals surface area contributed by atoms with Crippen LogP contribution in [0.1, 0.15) is 118 Å². The van der Waals surface area contributed by atoms with Gasteiger partial charge in [-0.2, -0.15) is 12.6 Å². The summed E-state index contributed by atoms with van der Waals surface area (Å²) in [5, 5.41) is 5.04. The Morgan fingerprint density at radius 2 is 1.61 bits per heavy atom. The van der Waals surface area contributed by atoms with Gasteiger partial charge in [-0.25, -0.2) is 5.01 Å². The Bertz CT molecular complexity index is 1640. The summed E-state index contributed by atoms with van der Waals surface area (Å²) in [4.78, 5) is 0. The molecular formula is C42H58N2S2. The Hall–Kier alpha value is 0.100. The van der Waals surface area contributed by atoms with Crippen LogP contribution in [0.15, 0.2) is 12.7 Å². The zero-order valence-electron chi connectivity index (χ0n) is 29.5. The first-order valence-corrected chi connectivity index (χ1v) is 21.0. The number of nitrogens with zero attached hydrogens (tertiary/aromatic N) is 1. The Morgan fingerprint density at radius 3 is 2.22 bits per heavy atom. The van der Waals surface area contributed by atoms with E-state index in [1.54, 1.807) is 25.7 Å². The topological polar surface area (TPSA) is 15.3 Å². The van der Waals surface area contributed by atoms with Crippen LogP contribution < -0.4 is 5.43 Å². The van der Waals surface area contributed by atoms with Crippen LogP contribution in [-0.4, -0.2) is 34.3 Å². The lowest BCUT2D eigenvalue weighted by atomic mass is 9.03. The average molecular weight is 655 g/mol. The van der Waals surface area contributed by atoms with Crippen LogP contribution in [0.2, 0.25) is 0 Å². The van der Waals surface area contributed by atoms with E-state index in [4.69, 9.17) is 24.8 Å². The minimum absolute atomic E-state index is 0.0258. The lowest BCUT2D eigenvalue weighted by Crippen LogP contribution is -2.96. The monoisotopic (exact) mass is 654 g/mol. The van der Waals surface area contributed by atoms with Gasteiger partial charge in [-0.05, 0) is 162 Å². The van der Waals surface area contributed by atoms with Crippen molar-refractivity contribution in [2.75, 3.05) is 7.05 Å². The molecule has 12 saturated carbocycles. The maximum absolute atomic E-state index is 6.31. The quantitative estimate of drug-likeness (QED) is 0.180. The molecule has 248 valence electrons. The second-order valence-electron chi connectivity index (χ2n) is 22.0. The SMILES string of the molecule is C=CC(C=S)C12CCC3NN(C)C1C14CC56CC(C)C5C5C(C)C7(C)CCC8(CCC89CCC9(CC1(C)S)C41C4(C)CCC4C321)C576. The van der Waals surface area contributed by atoms with Gasteiger partial charge in [-0.3, -0.25) is 5.43 Å². The highest BCUT2D eigenvalue weighted by Gasteiger charge is 3.12. The molecule has 0 aromatic rings. The van der Waals surface area contributed by atoms with Crippen molar-refractivity contribution in [2.45, 2.75) is 135 Å². The number of hydrogen-bond acceptors (Lipinski definition) is 4. The standard InChI is InChI=1S/C42H58N2S2/c1-8-25(20-45)38-12-10-27-40(38)26-9-11-32(26,5)42(40)37-18-16-35(37)15-17-36(35)14-13-31(4)24(3)29-28-23(2)19-34(28,41(29,31)36)22-39(42,33(6,46)21-37)30(38)44(7)43-27/h8,20,23-30,43,46H,1,9-19,21-22H2,2-7H3. The summed E-state index contributed by atoms with van der Waals surface area (Å²) in [5.74, 6) is 4.95. The molecule has 0 aromatic carbocycles. The van der Waals surface area contributed by atoms with E-state index in [9.17, 15) is 0 Å².